The van der Waals surface area contributed by atoms with Gasteiger partial charge in [0.05, 0.1) is 15.9 Å². The van der Waals surface area contributed by atoms with Gasteiger partial charge in [-0.15, -0.1) is 0 Å². The van der Waals surface area contributed by atoms with Crippen LogP contribution >= 0.6 is 43.6 Å². The molecular weight excluding hydrogens is 584 g/mol. The molecule has 6 nitrogen and oxygen atoms in total. The maximum absolute atomic E-state index is 12.8. The van der Waals surface area contributed by atoms with Gasteiger partial charge in [0.25, 0.3) is 17.1 Å². The Morgan fingerprint density at radius 1 is 0.971 bits per heavy atom. The summed E-state index contributed by atoms with van der Waals surface area (Å²) in [5.74, 6) is -0.122. The maximum Gasteiger partial charge on any atom is 0.293 e. The highest BCUT2D eigenvalue weighted by Crippen LogP contribution is 2.35. The molecule has 1 heterocycles. The second-order valence-corrected chi connectivity index (χ2v) is 9.95. The van der Waals surface area contributed by atoms with E-state index in [1.807, 2.05) is 42.5 Å². The zero-order valence-corrected chi connectivity index (χ0v) is 21.7. The molecule has 0 aliphatic carbocycles. The first-order chi connectivity index (χ1) is 16.4. The topological polar surface area (TPSA) is 75.7 Å². The summed E-state index contributed by atoms with van der Waals surface area (Å²) in [6, 6.07) is 21.8. The van der Waals surface area contributed by atoms with Gasteiger partial charge in [-0.05, 0) is 75.2 Å². The van der Waals surface area contributed by atoms with Crippen LogP contribution in [0.1, 0.15) is 11.1 Å². The highest BCUT2D eigenvalue weighted by molar-refractivity contribution is 9.10. The predicted octanol–water partition coefficient (Wildman–Crippen LogP) is 6.47. The SMILES string of the molecule is O=C(COc1ccc(/C=C2\SC(=O)N(Cc3ccccc3Br)C2=O)cc1Br)Nc1ccccc1. The summed E-state index contributed by atoms with van der Waals surface area (Å²) in [6.07, 6.45) is 1.67. The van der Waals surface area contributed by atoms with Gasteiger partial charge in [-0.2, -0.15) is 0 Å². The lowest BCUT2D eigenvalue weighted by Crippen LogP contribution is -2.27. The van der Waals surface area contributed by atoms with Crippen LogP contribution in [0, 0.1) is 0 Å². The number of para-hydroxylation sites is 1. The highest BCUT2D eigenvalue weighted by atomic mass is 79.9. The molecule has 0 saturated carbocycles. The summed E-state index contributed by atoms with van der Waals surface area (Å²) in [6.45, 7) is 0.0473. The maximum atomic E-state index is 12.8. The number of thioether (sulfide) groups is 1. The van der Waals surface area contributed by atoms with Crippen LogP contribution in [0.3, 0.4) is 0 Å². The van der Waals surface area contributed by atoms with Crippen molar-refractivity contribution in [2.45, 2.75) is 6.54 Å². The van der Waals surface area contributed by atoms with Crippen LogP contribution in [0.2, 0.25) is 0 Å². The number of hydrogen-bond donors (Lipinski definition) is 1. The Labute approximate surface area is 217 Å². The molecule has 0 unspecified atom stereocenters. The number of amides is 3. The van der Waals surface area contributed by atoms with Gasteiger partial charge >= 0.3 is 0 Å². The van der Waals surface area contributed by atoms with Crippen LogP contribution in [0.15, 0.2) is 86.6 Å². The number of carbonyl (C=O) groups is 3. The third-order valence-corrected chi connectivity index (χ3v) is 7.13. The van der Waals surface area contributed by atoms with Gasteiger partial charge in [0.15, 0.2) is 6.61 Å². The molecule has 34 heavy (non-hydrogen) atoms. The molecule has 3 aromatic rings. The third kappa shape index (κ3) is 5.97. The number of rotatable bonds is 7. The molecule has 9 heteroatoms. The summed E-state index contributed by atoms with van der Waals surface area (Å²) in [4.78, 5) is 39.0. The van der Waals surface area contributed by atoms with Crippen LogP contribution < -0.4 is 10.1 Å². The van der Waals surface area contributed by atoms with E-state index in [1.165, 1.54) is 4.90 Å². The van der Waals surface area contributed by atoms with Gasteiger partial charge in [-0.3, -0.25) is 19.3 Å². The van der Waals surface area contributed by atoms with Crippen LogP contribution in [-0.2, 0) is 16.1 Å². The number of carbonyl (C=O) groups excluding carboxylic acids is 3. The van der Waals surface area contributed by atoms with Crippen molar-refractivity contribution < 1.29 is 19.1 Å². The number of benzene rings is 3. The summed E-state index contributed by atoms with van der Waals surface area (Å²) in [7, 11) is 0. The Kier molecular flexibility index (Phi) is 7.87. The Balaban J connectivity index is 1.40. The van der Waals surface area contributed by atoms with Gasteiger partial charge < -0.3 is 10.1 Å². The number of nitrogens with one attached hydrogen (secondary N) is 1. The largest absolute Gasteiger partial charge is 0.483 e. The fourth-order valence-electron chi connectivity index (χ4n) is 3.17. The van der Waals surface area contributed by atoms with Gasteiger partial charge in [0.1, 0.15) is 5.75 Å². The lowest BCUT2D eigenvalue weighted by atomic mass is 10.2. The molecule has 3 aromatic carbocycles. The van der Waals surface area contributed by atoms with Crippen molar-refractivity contribution in [2.24, 2.45) is 0 Å². The predicted molar refractivity (Wildman–Crippen MR) is 140 cm³/mol. The van der Waals surface area contributed by atoms with E-state index >= 15 is 0 Å². The molecule has 0 radical (unpaired) electrons. The Morgan fingerprint density at radius 3 is 2.44 bits per heavy atom. The fourth-order valence-corrected chi connectivity index (χ4v) is 4.93. The monoisotopic (exact) mass is 600 g/mol. The zero-order valence-electron chi connectivity index (χ0n) is 17.7. The number of hydrogen-bond acceptors (Lipinski definition) is 5. The summed E-state index contributed by atoms with van der Waals surface area (Å²) in [5, 5.41) is 2.45. The van der Waals surface area contributed by atoms with E-state index in [-0.39, 0.29) is 30.2 Å². The number of nitrogens with zero attached hydrogens (tertiary/aromatic N) is 1. The second-order valence-electron chi connectivity index (χ2n) is 7.25. The Morgan fingerprint density at radius 2 is 1.71 bits per heavy atom. The normalized spacial score (nSPS) is 14.5. The molecule has 0 bridgehead atoms. The molecule has 1 saturated heterocycles. The van der Waals surface area contributed by atoms with E-state index in [9.17, 15) is 14.4 Å². The minimum Gasteiger partial charge on any atom is -0.483 e. The van der Waals surface area contributed by atoms with Crippen LogP contribution in [0.4, 0.5) is 10.5 Å². The molecule has 1 aliphatic rings. The molecule has 1 N–H and O–H groups in total. The van der Waals surface area contributed by atoms with Crippen LogP contribution in [0.5, 0.6) is 5.75 Å². The smallest absolute Gasteiger partial charge is 0.293 e. The van der Waals surface area contributed by atoms with Crippen LogP contribution in [-0.4, -0.2) is 28.6 Å². The second kappa shape index (κ2) is 11.0. The molecule has 0 atom stereocenters. The average Bonchev–Trinajstić information content (AvgIpc) is 3.08. The van der Waals surface area contributed by atoms with Crippen molar-refractivity contribution in [2.75, 3.05) is 11.9 Å². The summed E-state index contributed by atoms with van der Waals surface area (Å²) >= 11 is 7.81. The zero-order chi connectivity index (χ0) is 24.1. The van der Waals surface area contributed by atoms with Gasteiger partial charge in [0, 0.05) is 10.2 Å². The van der Waals surface area contributed by atoms with E-state index in [2.05, 4.69) is 37.2 Å². The van der Waals surface area contributed by atoms with E-state index in [1.54, 1.807) is 36.4 Å². The molecule has 1 fully saturated rings. The van der Waals surface area contributed by atoms with Gasteiger partial charge in [-0.1, -0.05) is 58.4 Å². The third-order valence-electron chi connectivity index (χ3n) is 4.83. The highest BCUT2D eigenvalue weighted by Gasteiger charge is 2.35. The first kappa shape index (κ1) is 24.3. The van der Waals surface area contributed by atoms with Crippen molar-refractivity contribution in [3.63, 3.8) is 0 Å². The van der Waals surface area contributed by atoms with Crippen molar-refractivity contribution in [1.82, 2.24) is 4.90 Å². The first-order valence-electron chi connectivity index (χ1n) is 10.2. The number of halogens is 2. The van der Waals surface area contributed by atoms with Crippen molar-refractivity contribution >= 4 is 72.4 Å². The Hall–Kier alpha value is -2.88. The molecule has 0 aromatic heterocycles. The molecule has 0 spiro atoms. The number of anilines is 1. The van der Waals surface area contributed by atoms with Crippen LogP contribution in [0.25, 0.3) is 6.08 Å². The van der Waals surface area contributed by atoms with E-state index in [4.69, 9.17) is 4.74 Å². The minimum atomic E-state index is -0.334. The summed E-state index contributed by atoms with van der Waals surface area (Å²) in [5.41, 5.74) is 2.27. The molecule has 3 amide bonds. The average molecular weight is 602 g/mol. The lowest BCUT2D eigenvalue weighted by molar-refractivity contribution is -0.123. The van der Waals surface area contributed by atoms with Crippen molar-refractivity contribution in [3.05, 3.63) is 97.8 Å². The van der Waals surface area contributed by atoms with E-state index in [0.29, 0.717) is 20.8 Å². The minimum absolute atomic E-state index is 0.152. The van der Waals surface area contributed by atoms with E-state index in [0.717, 1.165) is 27.4 Å². The summed E-state index contributed by atoms with van der Waals surface area (Å²) < 4.78 is 7.08. The number of imide groups is 1. The van der Waals surface area contributed by atoms with Crippen molar-refractivity contribution in [3.8, 4) is 5.75 Å². The van der Waals surface area contributed by atoms with Crippen molar-refractivity contribution in [1.29, 1.82) is 0 Å². The van der Waals surface area contributed by atoms with Gasteiger partial charge in [0.2, 0.25) is 0 Å². The van der Waals surface area contributed by atoms with E-state index < -0.39 is 0 Å². The molecule has 1 aliphatic heterocycles. The van der Waals surface area contributed by atoms with Gasteiger partial charge in [-0.25, -0.2) is 0 Å². The standard InChI is InChI=1S/C25H18Br2N2O4S/c26-19-9-5-4-6-17(19)14-29-24(31)22(34-25(29)32)13-16-10-11-21(20(27)12-16)33-15-23(30)28-18-7-2-1-3-8-18/h1-13H,14-15H2,(H,28,30)/b22-13-. The molecule has 4 rings (SSSR count). The quantitative estimate of drug-likeness (QED) is 0.314. The first-order valence-corrected chi connectivity index (χ1v) is 12.6. The molecular formula is C25H18Br2N2O4S. The Bertz CT molecular complexity index is 1280. The number of ether oxygens (including phenoxy) is 1. The fraction of sp³-hybridized carbons (Fsp3) is 0.0800. The lowest BCUT2D eigenvalue weighted by Gasteiger charge is -2.13. The molecule has 172 valence electrons.